The molecule has 0 spiro atoms. The molecule has 1 aliphatic rings. The highest BCUT2D eigenvalue weighted by Crippen LogP contribution is 2.22. The minimum atomic E-state index is -0.688. The van der Waals surface area contributed by atoms with Crippen molar-refractivity contribution < 1.29 is 4.21 Å². The molecule has 3 N–H and O–H groups in total. The molecule has 3 unspecified atom stereocenters. The zero-order valence-corrected chi connectivity index (χ0v) is 19.6. The molecule has 27 heavy (non-hydrogen) atoms. The first-order chi connectivity index (χ1) is 12.7. The molecule has 0 bridgehead atoms. The number of guanidine groups is 1. The number of aromatic nitrogens is 1. The summed E-state index contributed by atoms with van der Waals surface area (Å²) in [6.45, 7) is 3.81. The monoisotopic (exact) mass is 507 g/mol. The fourth-order valence-corrected chi connectivity index (χ4v) is 4.63. The standard InChI is InChI=1S/C19H33N5OS.HI/c1-3-26(25)17-10-8-9-16(15-17)24-19(20-2)23-14-7-6-13-22-18-11-4-5-12-21-18;/h4-5,11-12,16-17H,3,6-10,13-15H2,1-2H3,(H,21,22)(H2,20,23,24);1H. The predicted molar refractivity (Wildman–Crippen MR) is 127 cm³/mol. The van der Waals surface area contributed by atoms with Gasteiger partial charge >= 0.3 is 0 Å². The Kier molecular flexibility index (Phi) is 12.6. The van der Waals surface area contributed by atoms with Gasteiger partial charge in [0.15, 0.2) is 5.96 Å². The number of hydrogen-bond donors (Lipinski definition) is 3. The summed E-state index contributed by atoms with van der Waals surface area (Å²) in [5.74, 6) is 2.54. The Balaban J connectivity index is 0.00000364. The van der Waals surface area contributed by atoms with Gasteiger partial charge in [-0.3, -0.25) is 9.20 Å². The van der Waals surface area contributed by atoms with Crippen LogP contribution in [0.15, 0.2) is 29.4 Å². The van der Waals surface area contributed by atoms with Crippen LogP contribution in [0.1, 0.15) is 45.4 Å². The van der Waals surface area contributed by atoms with Crippen LogP contribution in [-0.4, -0.2) is 52.3 Å². The Labute approximate surface area is 183 Å². The maximum absolute atomic E-state index is 12.1. The molecule has 1 aromatic heterocycles. The molecule has 1 saturated carbocycles. The van der Waals surface area contributed by atoms with Crippen LogP contribution in [0.5, 0.6) is 0 Å². The average molecular weight is 507 g/mol. The van der Waals surface area contributed by atoms with Crippen molar-refractivity contribution in [2.75, 3.05) is 31.2 Å². The molecule has 1 aliphatic carbocycles. The number of pyridine rings is 1. The molecule has 3 atom stereocenters. The van der Waals surface area contributed by atoms with E-state index < -0.39 is 10.8 Å². The quantitative estimate of drug-likeness (QED) is 0.207. The lowest BCUT2D eigenvalue weighted by molar-refractivity contribution is 0.413. The molecule has 0 amide bonds. The van der Waals surface area contributed by atoms with Gasteiger partial charge in [0.2, 0.25) is 0 Å². The number of aliphatic imine (C=N–C) groups is 1. The van der Waals surface area contributed by atoms with E-state index in [0.717, 1.165) is 69.1 Å². The molecule has 6 nitrogen and oxygen atoms in total. The maximum atomic E-state index is 12.1. The molecule has 8 heteroatoms. The summed E-state index contributed by atoms with van der Waals surface area (Å²) in [5.41, 5.74) is 0. The Morgan fingerprint density at radius 1 is 1.30 bits per heavy atom. The number of nitrogens with one attached hydrogen (secondary N) is 3. The van der Waals surface area contributed by atoms with Crippen LogP contribution < -0.4 is 16.0 Å². The summed E-state index contributed by atoms with van der Waals surface area (Å²) in [5, 5.41) is 10.6. The minimum absolute atomic E-state index is 0. The summed E-state index contributed by atoms with van der Waals surface area (Å²) < 4.78 is 12.1. The molecule has 0 aromatic carbocycles. The Bertz CT molecular complexity index is 572. The molecule has 0 radical (unpaired) electrons. The zero-order chi connectivity index (χ0) is 18.6. The number of rotatable bonds is 9. The smallest absolute Gasteiger partial charge is 0.191 e. The van der Waals surface area contributed by atoms with Gasteiger partial charge in [0.05, 0.1) is 0 Å². The molecular formula is C19H34IN5OS. The van der Waals surface area contributed by atoms with E-state index in [2.05, 4.69) is 25.9 Å². The van der Waals surface area contributed by atoms with E-state index in [1.807, 2.05) is 32.2 Å². The summed E-state index contributed by atoms with van der Waals surface area (Å²) in [6, 6.07) is 6.26. The van der Waals surface area contributed by atoms with E-state index >= 15 is 0 Å². The molecule has 154 valence electrons. The first-order valence-corrected chi connectivity index (χ1v) is 11.1. The normalized spacial score (nSPS) is 21.0. The highest BCUT2D eigenvalue weighted by atomic mass is 127. The highest BCUT2D eigenvalue weighted by molar-refractivity contribution is 14.0. The van der Waals surface area contributed by atoms with E-state index in [-0.39, 0.29) is 24.0 Å². The number of nitrogens with zero attached hydrogens (tertiary/aromatic N) is 2. The van der Waals surface area contributed by atoms with Crippen molar-refractivity contribution in [1.82, 2.24) is 15.6 Å². The maximum Gasteiger partial charge on any atom is 0.191 e. The Morgan fingerprint density at radius 2 is 2.11 bits per heavy atom. The van der Waals surface area contributed by atoms with Crippen molar-refractivity contribution >= 4 is 46.6 Å². The summed E-state index contributed by atoms with van der Waals surface area (Å²) in [7, 11) is 1.12. The molecule has 2 rings (SSSR count). The lowest BCUT2D eigenvalue weighted by atomic mass is 9.95. The van der Waals surface area contributed by atoms with Crippen molar-refractivity contribution in [3.63, 3.8) is 0 Å². The first kappa shape index (κ1) is 24.1. The molecule has 1 heterocycles. The Hall–Kier alpha value is -0.900. The SMILES string of the molecule is CCS(=O)C1CCCC(NC(=NC)NCCCCNc2ccccn2)C1.I. The topological polar surface area (TPSA) is 78.4 Å². The third-order valence-electron chi connectivity index (χ3n) is 4.71. The van der Waals surface area contributed by atoms with Gasteiger partial charge in [-0.25, -0.2) is 4.98 Å². The van der Waals surface area contributed by atoms with Gasteiger partial charge in [-0.05, 0) is 44.2 Å². The minimum Gasteiger partial charge on any atom is -0.370 e. The number of hydrogen-bond acceptors (Lipinski definition) is 4. The van der Waals surface area contributed by atoms with Crippen molar-refractivity contribution in [3.8, 4) is 0 Å². The van der Waals surface area contributed by atoms with Crippen molar-refractivity contribution in [1.29, 1.82) is 0 Å². The van der Waals surface area contributed by atoms with Crippen molar-refractivity contribution in [2.24, 2.45) is 4.99 Å². The van der Waals surface area contributed by atoms with Gasteiger partial charge < -0.3 is 16.0 Å². The number of halogens is 1. The fourth-order valence-electron chi connectivity index (χ4n) is 3.28. The fraction of sp³-hybridized carbons (Fsp3) is 0.684. The van der Waals surface area contributed by atoms with E-state index in [1.165, 1.54) is 0 Å². The largest absolute Gasteiger partial charge is 0.370 e. The summed E-state index contributed by atoms with van der Waals surface area (Å²) in [4.78, 5) is 8.58. The predicted octanol–water partition coefficient (Wildman–Crippen LogP) is 3.14. The van der Waals surface area contributed by atoms with Gasteiger partial charge in [0.1, 0.15) is 5.82 Å². The molecule has 1 fully saturated rings. The van der Waals surface area contributed by atoms with E-state index in [9.17, 15) is 4.21 Å². The van der Waals surface area contributed by atoms with E-state index in [0.29, 0.717) is 11.3 Å². The van der Waals surface area contributed by atoms with Crippen LogP contribution in [0.2, 0.25) is 0 Å². The van der Waals surface area contributed by atoms with E-state index in [4.69, 9.17) is 0 Å². The van der Waals surface area contributed by atoms with Gasteiger partial charge in [-0.1, -0.05) is 19.4 Å². The zero-order valence-electron chi connectivity index (χ0n) is 16.4. The summed E-state index contributed by atoms with van der Waals surface area (Å²) >= 11 is 0. The van der Waals surface area contributed by atoms with Crippen molar-refractivity contribution in [3.05, 3.63) is 24.4 Å². The first-order valence-electron chi connectivity index (χ1n) is 9.72. The summed E-state index contributed by atoms with van der Waals surface area (Å²) in [6.07, 6.45) is 8.28. The van der Waals surface area contributed by atoms with Crippen LogP contribution in [0.25, 0.3) is 0 Å². The highest BCUT2D eigenvalue weighted by Gasteiger charge is 2.25. The average Bonchev–Trinajstić information content (AvgIpc) is 2.70. The number of unbranched alkanes of at least 4 members (excludes halogenated alkanes) is 1. The van der Waals surface area contributed by atoms with Gasteiger partial charge in [0.25, 0.3) is 0 Å². The molecule has 0 saturated heterocycles. The molecule has 1 aromatic rings. The second-order valence-electron chi connectivity index (χ2n) is 6.65. The second kappa shape index (κ2) is 14.1. The molecule has 0 aliphatic heterocycles. The van der Waals surface area contributed by atoms with Gasteiger partial charge in [0, 0.05) is 54.2 Å². The van der Waals surface area contributed by atoms with Crippen molar-refractivity contribution in [2.45, 2.75) is 56.7 Å². The van der Waals surface area contributed by atoms with Crippen LogP contribution in [0.3, 0.4) is 0 Å². The van der Waals surface area contributed by atoms with Crippen LogP contribution >= 0.6 is 24.0 Å². The third kappa shape index (κ3) is 9.23. The lowest BCUT2D eigenvalue weighted by Crippen LogP contribution is -2.46. The lowest BCUT2D eigenvalue weighted by Gasteiger charge is -2.30. The van der Waals surface area contributed by atoms with Gasteiger partial charge in [-0.2, -0.15) is 0 Å². The Morgan fingerprint density at radius 3 is 2.81 bits per heavy atom. The second-order valence-corrected chi connectivity index (χ2v) is 8.65. The van der Waals surface area contributed by atoms with E-state index in [1.54, 1.807) is 6.20 Å². The number of anilines is 1. The molecular weight excluding hydrogens is 473 g/mol. The van der Waals surface area contributed by atoms with Crippen LogP contribution in [0.4, 0.5) is 5.82 Å². The van der Waals surface area contributed by atoms with Crippen LogP contribution in [-0.2, 0) is 10.8 Å². The van der Waals surface area contributed by atoms with Gasteiger partial charge in [-0.15, -0.1) is 24.0 Å². The third-order valence-corrected chi connectivity index (χ3v) is 6.45. The van der Waals surface area contributed by atoms with Crippen LogP contribution in [0, 0.1) is 0 Å².